The Balaban J connectivity index is 1.51. The zero-order valence-electron chi connectivity index (χ0n) is 20.4. The molecule has 182 valence electrons. The number of fused-ring (bicyclic) bond motifs is 1. The molecule has 0 unspecified atom stereocenters. The van der Waals surface area contributed by atoms with Gasteiger partial charge in [0.25, 0.3) is 6.01 Å². The summed E-state index contributed by atoms with van der Waals surface area (Å²) in [7, 11) is 0. The Bertz CT molecular complexity index is 1490. The Morgan fingerprint density at radius 1 is 1.00 bits per heavy atom. The summed E-state index contributed by atoms with van der Waals surface area (Å²) in [5, 5.41) is 10.9. The van der Waals surface area contributed by atoms with Crippen LogP contribution in [0.15, 0.2) is 72.9 Å². The summed E-state index contributed by atoms with van der Waals surface area (Å²) in [5.74, 6) is -0.375. The van der Waals surface area contributed by atoms with Gasteiger partial charge in [0.2, 0.25) is 0 Å². The van der Waals surface area contributed by atoms with Gasteiger partial charge in [-0.05, 0) is 49.6 Å². The van der Waals surface area contributed by atoms with Gasteiger partial charge < -0.3 is 9.47 Å². The number of para-hydroxylation sites is 1. The van der Waals surface area contributed by atoms with Crippen LogP contribution in [0.5, 0.6) is 6.01 Å². The molecule has 0 aliphatic heterocycles. The van der Waals surface area contributed by atoms with Crippen molar-refractivity contribution in [3.8, 4) is 28.4 Å². The van der Waals surface area contributed by atoms with E-state index in [2.05, 4.69) is 50.7 Å². The molecule has 0 spiro atoms. The second kappa shape index (κ2) is 10.0. The number of imidazole rings is 1. The molecular weight excluding hydrogens is 454 g/mol. The minimum absolute atomic E-state index is 0.219. The number of hydrogen-bond donors (Lipinski definition) is 1. The number of nitrogens with one attached hydrogen (secondary N) is 1. The molecule has 2 heterocycles. The second-order valence-electron chi connectivity index (χ2n) is 8.64. The van der Waals surface area contributed by atoms with Crippen molar-refractivity contribution in [1.29, 1.82) is 0 Å². The molecule has 3 aromatic carbocycles. The number of esters is 1. The number of hydrogen-bond acceptors (Lipinski definition) is 6. The van der Waals surface area contributed by atoms with Gasteiger partial charge in [-0.25, -0.2) is 4.79 Å². The van der Waals surface area contributed by atoms with E-state index in [0.29, 0.717) is 35.8 Å². The average molecular weight is 482 g/mol. The molecule has 0 aliphatic carbocycles. The maximum Gasteiger partial charge on any atom is 0.340 e. The van der Waals surface area contributed by atoms with Crippen molar-refractivity contribution in [3.05, 3.63) is 84.1 Å². The lowest BCUT2D eigenvalue weighted by Gasteiger charge is -2.13. The predicted molar refractivity (Wildman–Crippen MR) is 138 cm³/mol. The molecule has 0 aliphatic rings. The molecule has 0 saturated heterocycles. The lowest BCUT2D eigenvalue weighted by atomic mass is 9.97. The maximum absolute atomic E-state index is 12.9. The van der Waals surface area contributed by atoms with E-state index in [-0.39, 0.29) is 12.1 Å². The molecule has 0 atom stereocenters. The highest BCUT2D eigenvalue weighted by Crippen LogP contribution is 2.31. The number of H-pyrrole nitrogens is 1. The van der Waals surface area contributed by atoms with Crippen molar-refractivity contribution < 1.29 is 14.3 Å². The quantitative estimate of drug-likeness (QED) is 0.294. The number of aromatic amines is 1. The summed E-state index contributed by atoms with van der Waals surface area (Å²) in [5.41, 5.74) is 6.84. The molecule has 2 aromatic heterocycles. The molecular formula is C28H27N5O3. The van der Waals surface area contributed by atoms with Crippen LogP contribution in [0.25, 0.3) is 33.4 Å². The number of ether oxygens (including phenoxy) is 2. The van der Waals surface area contributed by atoms with E-state index in [0.717, 1.165) is 27.9 Å². The first-order chi connectivity index (χ1) is 17.5. The molecule has 5 aromatic rings. The van der Waals surface area contributed by atoms with E-state index in [9.17, 15) is 4.79 Å². The van der Waals surface area contributed by atoms with E-state index in [4.69, 9.17) is 9.47 Å². The Hall–Kier alpha value is -4.46. The lowest BCUT2D eigenvalue weighted by Crippen LogP contribution is -2.14. The van der Waals surface area contributed by atoms with Gasteiger partial charge >= 0.3 is 5.97 Å². The van der Waals surface area contributed by atoms with Gasteiger partial charge in [-0.2, -0.15) is 20.4 Å². The first kappa shape index (κ1) is 23.3. The third-order valence-electron chi connectivity index (χ3n) is 5.79. The van der Waals surface area contributed by atoms with Crippen LogP contribution in [0.3, 0.4) is 0 Å². The fraction of sp³-hybridized carbons (Fsp3) is 0.214. The van der Waals surface area contributed by atoms with E-state index in [1.807, 2.05) is 55.7 Å². The van der Waals surface area contributed by atoms with Crippen LogP contribution in [0.4, 0.5) is 0 Å². The van der Waals surface area contributed by atoms with Crippen LogP contribution in [0.1, 0.15) is 36.7 Å². The van der Waals surface area contributed by atoms with Crippen LogP contribution < -0.4 is 4.74 Å². The van der Waals surface area contributed by atoms with Gasteiger partial charge in [0.05, 0.1) is 42.0 Å². The van der Waals surface area contributed by atoms with Crippen molar-refractivity contribution in [2.24, 2.45) is 0 Å². The summed E-state index contributed by atoms with van der Waals surface area (Å²) < 4.78 is 13.3. The SMILES string of the molecule is CCOc1nc2cccc(C(=O)OC(C)C)c2n1Cc1ccc(-c2ccccc2-c2cn[nH]n2)cc1. The fourth-order valence-electron chi connectivity index (χ4n) is 4.25. The number of nitrogens with zero attached hydrogens (tertiary/aromatic N) is 4. The molecule has 36 heavy (non-hydrogen) atoms. The number of carbonyl (C=O) groups is 1. The summed E-state index contributed by atoms with van der Waals surface area (Å²) in [6.45, 7) is 6.54. The van der Waals surface area contributed by atoms with Crippen LogP contribution in [-0.2, 0) is 11.3 Å². The fourth-order valence-corrected chi connectivity index (χ4v) is 4.25. The largest absolute Gasteiger partial charge is 0.465 e. The van der Waals surface area contributed by atoms with Crippen LogP contribution in [-0.4, -0.2) is 43.6 Å². The molecule has 0 radical (unpaired) electrons. The Morgan fingerprint density at radius 2 is 1.78 bits per heavy atom. The molecule has 8 nitrogen and oxygen atoms in total. The van der Waals surface area contributed by atoms with E-state index < -0.39 is 0 Å². The van der Waals surface area contributed by atoms with Crippen molar-refractivity contribution >= 4 is 17.0 Å². The molecule has 5 rings (SSSR count). The van der Waals surface area contributed by atoms with Gasteiger partial charge in [-0.3, -0.25) is 4.57 Å². The molecule has 0 amide bonds. The zero-order valence-corrected chi connectivity index (χ0v) is 20.4. The summed E-state index contributed by atoms with van der Waals surface area (Å²) in [6.07, 6.45) is 1.50. The highest BCUT2D eigenvalue weighted by atomic mass is 16.5. The molecule has 1 N–H and O–H groups in total. The minimum atomic E-state index is -0.375. The van der Waals surface area contributed by atoms with Gasteiger partial charge in [-0.1, -0.05) is 54.6 Å². The molecule has 0 saturated carbocycles. The van der Waals surface area contributed by atoms with Crippen molar-refractivity contribution in [2.75, 3.05) is 6.61 Å². The number of carbonyl (C=O) groups excluding carboxylic acids is 1. The highest BCUT2D eigenvalue weighted by Gasteiger charge is 2.21. The first-order valence-corrected chi connectivity index (χ1v) is 11.9. The zero-order chi connectivity index (χ0) is 25.1. The Labute approximate surface area is 208 Å². The van der Waals surface area contributed by atoms with Gasteiger partial charge in [0.1, 0.15) is 5.69 Å². The van der Waals surface area contributed by atoms with Gasteiger partial charge in [-0.15, -0.1) is 0 Å². The smallest absolute Gasteiger partial charge is 0.340 e. The van der Waals surface area contributed by atoms with Crippen LogP contribution in [0.2, 0.25) is 0 Å². The number of benzene rings is 3. The Morgan fingerprint density at radius 3 is 2.47 bits per heavy atom. The monoisotopic (exact) mass is 481 g/mol. The summed E-state index contributed by atoms with van der Waals surface area (Å²) >= 11 is 0. The lowest BCUT2D eigenvalue weighted by molar-refractivity contribution is 0.0380. The number of rotatable bonds is 8. The van der Waals surface area contributed by atoms with Gasteiger partial charge in [0.15, 0.2) is 0 Å². The molecule has 8 heteroatoms. The van der Waals surface area contributed by atoms with Crippen LogP contribution >= 0.6 is 0 Å². The van der Waals surface area contributed by atoms with E-state index >= 15 is 0 Å². The second-order valence-corrected chi connectivity index (χ2v) is 8.64. The highest BCUT2D eigenvalue weighted by molar-refractivity contribution is 6.02. The average Bonchev–Trinajstić information content (AvgIpc) is 3.53. The van der Waals surface area contributed by atoms with E-state index in [1.54, 1.807) is 12.3 Å². The summed E-state index contributed by atoms with van der Waals surface area (Å²) in [6, 6.07) is 22.4. The Kier molecular flexibility index (Phi) is 6.49. The normalized spacial score (nSPS) is 11.2. The topological polar surface area (TPSA) is 94.9 Å². The van der Waals surface area contributed by atoms with Crippen molar-refractivity contribution in [1.82, 2.24) is 25.0 Å². The van der Waals surface area contributed by atoms with Gasteiger partial charge in [0, 0.05) is 5.56 Å². The predicted octanol–water partition coefficient (Wildman–Crippen LogP) is 5.50. The van der Waals surface area contributed by atoms with E-state index in [1.165, 1.54) is 0 Å². The standard InChI is InChI=1S/C28H27N5O3/c1-4-35-28-30-24-11-7-10-23(27(34)36-18(2)3)26(24)33(28)17-19-12-14-20(15-13-19)21-8-5-6-9-22(21)25-16-29-32-31-25/h5-16,18H,4,17H2,1-3H3,(H,29,31,32). The third kappa shape index (κ3) is 4.57. The van der Waals surface area contributed by atoms with Crippen molar-refractivity contribution in [2.45, 2.75) is 33.4 Å². The third-order valence-corrected chi connectivity index (χ3v) is 5.79. The van der Waals surface area contributed by atoms with Crippen LogP contribution in [0, 0.1) is 0 Å². The maximum atomic E-state index is 12.9. The molecule has 0 fully saturated rings. The first-order valence-electron chi connectivity index (χ1n) is 11.9. The number of aromatic nitrogens is 5. The molecule has 0 bridgehead atoms. The minimum Gasteiger partial charge on any atom is -0.465 e. The summed E-state index contributed by atoms with van der Waals surface area (Å²) in [4.78, 5) is 17.5. The van der Waals surface area contributed by atoms with Crippen molar-refractivity contribution in [3.63, 3.8) is 0 Å².